The van der Waals surface area contributed by atoms with Gasteiger partial charge < -0.3 is 5.73 Å². The number of rotatable bonds is 6. The van der Waals surface area contributed by atoms with E-state index in [9.17, 15) is 0 Å². The smallest absolute Gasteiger partial charge is 0.0640 e. The summed E-state index contributed by atoms with van der Waals surface area (Å²) in [6, 6.07) is 2.61. The second-order valence-corrected chi connectivity index (χ2v) is 6.16. The van der Waals surface area contributed by atoms with E-state index in [0.29, 0.717) is 6.04 Å². The minimum Gasteiger partial charge on any atom is -0.327 e. The van der Waals surface area contributed by atoms with Crippen LogP contribution in [0.15, 0.2) is 12.3 Å². The Hall–Kier alpha value is -1.62. The molecule has 0 amide bonds. The lowest BCUT2D eigenvalue weighted by atomic mass is 10.0. The van der Waals surface area contributed by atoms with Gasteiger partial charge >= 0.3 is 0 Å². The number of hydrogen-bond acceptors (Lipinski definition) is 3. The summed E-state index contributed by atoms with van der Waals surface area (Å²) in [5.74, 6) is 0. The summed E-state index contributed by atoms with van der Waals surface area (Å²) in [5.41, 5.74) is 11.0. The first-order chi connectivity index (χ1) is 9.88. The molecule has 0 aliphatic heterocycles. The van der Waals surface area contributed by atoms with Crippen molar-refractivity contribution in [1.82, 2.24) is 19.6 Å². The standard InChI is InChI=1S/C16H27N5/c1-11(2)21-9-8-15(19-21)10-14(17)6-7-16-12(3)18-20(5)13(16)4/h8-9,11,14H,6-7,10,17H2,1-5H3. The molecule has 5 heteroatoms. The molecule has 2 aromatic rings. The maximum absolute atomic E-state index is 6.27. The van der Waals surface area contributed by atoms with Crippen LogP contribution in [-0.4, -0.2) is 25.6 Å². The van der Waals surface area contributed by atoms with E-state index in [1.54, 1.807) is 0 Å². The summed E-state index contributed by atoms with van der Waals surface area (Å²) in [5, 5.41) is 9.02. The minimum absolute atomic E-state index is 0.138. The van der Waals surface area contributed by atoms with E-state index in [0.717, 1.165) is 30.7 Å². The van der Waals surface area contributed by atoms with Crippen LogP contribution in [0.3, 0.4) is 0 Å². The Balaban J connectivity index is 1.91. The maximum Gasteiger partial charge on any atom is 0.0640 e. The Kier molecular flexibility index (Phi) is 4.83. The van der Waals surface area contributed by atoms with Crippen molar-refractivity contribution >= 4 is 0 Å². The van der Waals surface area contributed by atoms with Gasteiger partial charge in [0, 0.05) is 37.4 Å². The number of aromatic nitrogens is 4. The third kappa shape index (κ3) is 3.73. The number of nitrogens with zero attached hydrogens (tertiary/aromatic N) is 4. The lowest BCUT2D eigenvalue weighted by Crippen LogP contribution is -2.24. The molecule has 0 saturated heterocycles. The van der Waals surface area contributed by atoms with Gasteiger partial charge in [0.2, 0.25) is 0 Å². The van der Waals surface area contributed by atoms with Gasteiger partial charge in [0.15, 0.2) is 0 Å². The first-order valence-electron chi connectivity index (χ1n) is 7.67. The molecule has 0 radical (unpaired) electrons. The first-order valence-corrected chi connectivity index (χ1v) is 7.67. The quantitative estimate of drug-likeness (QED) is 0.887. The van der Waals surface area contributed by atoms with Crippen molar-refractivity contribution < 1.29 is 0 Å². The van der Waals surface area contributed by atoms with E-state index in [2.05, 4.69) is 44.0 Å². The van der Waals surface area contributed by atoms with Crippen LogP contribution in [0, 0.1) is 13.8 Å². The summed E-state index contributed by atoms with van der Waals surface area (Å²) in [6.07, 6.45) is 4.81. The zero-order chi connectivity index (χ0) is 15.6. The SMILES string of the molecule is Cc1nn(C)c(C)c1CCC(N)Cc1ccn(C(C)C)n1. The lowest BCUT2D eigenvalue weighted by Gasteiger charge is -2.10. The highest BCUT2D eigenvalue weighted by atomic mass is 15.3. The van der Waals surface area contributed by atoms with E-state index in [1.807, 2.05) is 22.6 Å². The van der Waals surface area contributed by atoms with E-state index in [-0.39, 0.29) is 6.04 Å². The largest absolute Gasteiger partial charge is 0.327 e. The van der Waals surface area contributed by atoms with Crippen LogP contribution in [0.4, 0.5) is 0 Å². The Bertz CT molecular complexity index is 594. The molecule has 5 nitrogen and oxygen atoms in total. The molecule has 2 rings (SSSR count). The fourth-order valence-electron chi connectivity index (χ4n) is 2.65. The second-order valence-electron chi connectivity index (χ2n) is 6.16. The maximum atomic E-state index is 6.27. The first kappa shape index (κ1) is 15.8. The molecule has 0 saturated carbocycles. The van der Waals surface area contributed by atoms with E-state index in [4.69, 9.17) is 5.73 Å². The van der Waals surface area contributed by atoms with E-state index < -0.39 is 0 Å². The van der Waals surface area contributed by atoms with Crippen molar-refractivity contribution in [3.05, 3.63) is 34.9 Å². The topological polar surface area (TPSA) is 61.7 Å². The lowest BCUT2D eigenvalue weighted by molar-refractivity contribution is 0.518. The van der Waals surface area contributed by atoms with Gasteiger partial charge in [-0.25, -0.2) is 0 Å². The predicted molar refractivity (Wildman–Crippen MR) is 85.3 cm³/mol. The number of aryl methyl sites for hydroxylation is 2. The van der Waals surface area contributed by atoms with Crippen LogP contribution in [-0.2, 0) is 19.9 Å². The van der Waals surface area contributed by atoms with Crippen molar-refractivity contribution in [2.24, 2.45) is 12.8 Å². The summed E-state index contributed by atoms with van der Waals surface area (Å²) >= 11 is 0. The molecule has 21 heavy (non-hydrogen) atoms. The molecular weight excluding hydrogens is 262 g/mol. The average molecular weight is 289 g/mol. The molecule has 2 N–H and O–H groups in total. The molecule has 1 atom stereocenters. The number of hydrogen-bond donors (Lipinski definition) is 1. The van der Waals surface area contributed by atoms with Gasteiger partial charge in [-0.05, 0) is 52.2 Å². The Morgan fingerprint density at radius 1 is 1.24 bits per heavy atom. The highest BCUT2D eigenvalue weighted by Gasteiger charge is 2.13. The number of nitrogens with two attached hydrogens (primary N) is 1. The van der Waals surface area contributed by atoms with Crippen LogP contribution in [0.25, 0.3) is 0 Å². The molecule has 0 aliphatic rings. The van der Waals surface area contributed by atoms with Crippen LogP contribution >= 0.6 is 0 Å². The Morgan fingerprint density at radius 2 is 1.95 bits per heavy atom. The van der Waals surface area contributed by atoms with Crippen molar-refractivity contribution in [1.29, 1.82) is 0 Å². The van der Waals surface area contributed by atoms with Gasteiger partial charge in [-0.15, -0.1) is 0 Å². The van der Waals surface area contributed by atoms with Crippen LogP contribution < -0.4 is 5.73 Å². The molecule has 0 bridgehead atoms. The zero-order valence-electron chi connectivity index (χ0n) is 13.8. The monoisotopic (exact) mass is 289 g/mol. The van der Waals surface area contributed by atoms with Crippen LogP contribution in [0.1, 0.15) is 49.0 Å². The van der Waals surface area contributed by atoms with Crippen molar-refractivity contribution in [2.45, 2.75) is 59.0 Å². The van der Waals surface area contributed by atoms with Gasteiger partial charge in [-0.2, -0.15) is 10.2 Å². The van der Waals surface area contributed by atoms with Gasteiger partial charge in [0.25, 0.3) is 0 Å². The second kappa shape index (κ2) is 6.43. The van der Waals surface area contributed by atoms with Gasteiger partial charge in [0.1, 0.15) is 0 Å². The molecule has 0 fully saturated rings. The highest BCUT2D eigenvalue weighted by molar-refractivity contribution is 5.24. The van der Waals surface area contributed by atoms with Crippen LogP contribution in [0.5, 0.6) is 0 Å². The summed E-state index contributed by atoms with van der Waals surface area (Å²) < 4.78 is 3.93. The summed E-state index contributed by atoms with van der Waals surface area (Å²) in [4.78, 5) is 0. The van der Waals surface area contributed by atoms with Gasteiger partial charge in [-0.3, -0.25) is 9.36 Å². The Labute approximate surface area is 127 Å². The zero-order valence-corrected chi connectivity index (χ0v) is 13.8. The van der Waals surface area contributed by atoms with Gasteiger partial charge in [-0.1, -0.05) is 0 Å². The molecule has 2 aromatic heterocycles. The average Bonchev–Trinajstić information content (AvgIpc) is 2.95. The minimum atomic E-state index is 0.138. The van der Waals surface area contributed by atoms with Gasteiger partial charge in [0.05, 0.1) is 11.4 Å². The predicted octanol–water partition coefficient (Wildman–Crippen LogP) is 2.32. The molecular formula is C16H27N5. The molecule has 0 aliphatic carbocycles. The van der Waals surface area contributed by atoms with Crippen molar-refractivity contribution in [3.63, 3.8) is 0 Å². The summed E-state index contributed by atoms with van der Waals surface area (Å²) in [7, 11) is 1.99. The summed E-state index contributed by atoms with van der Waals surface area (Å²) in [6.45, 7) is 8.44. The fourth-order valence-corrected chi connectivity index (χ4v) is 2.65. The van der Waals surface area contributed by atoms with Crippen molar-refractivity contribution in [3.8, 4) is 0 Å². The molecule has 0 spiro atoms. The molecule has 1 unspecified atom stereocenters. The molecule has 2 heterocycles. The molecule has 116 valence electrons. The molecule has 0 aromatic carbocycles. The third-order valence-electron chi connectivity index (χ3n) is 4.09. The van der Waals surface area contributed by atoms with Crippen LogP contribution in [0.2, 0.25) is 0 Å². The fraction of sp³-hybridized carbons (Fsp3) is 0.625. The van der Waals surface area contributed by atoms with Crippen molar-refractivity contribution in [2.75, 3.05) is 0 Å². The third-order valence-corrected chi connectivity index (χ3v) is 4.09. The Morgan fingerprint density at radius 3 is 2.48 bits per heavy atom. The van der Waals surface area contributed by atoms with E-state index >= 15 is 0 Å². The van der Waals surface area contributed by atoms with E-state index in [1.165, 1.54) is 11.3 Å². The normalized spacial score (nSPS) is 13.1. The highest BCUT2D eigenvalue weighted by Crippen LogP contribution is 2.15.